The Balaban J connectivity index is 1.89. The zero-order valence-corrected chi connectivity index (χ0v) is 14.2. The largest absolute Gasteiger partial charge is 0.480 e. The summed E-state index contributed by atoms with van der Waals surface area (Å²) < 4.78 is 2.74. The minimum Gasteiger partial charge on any atom is -0.480 e. The van der Waals surface area contributed by atoms with Gasteiger partial charge in [-0.1, -0.05) is 33.6 Å². The Morgan fingerprint density at radius 2 is 2.27 bits per heavy atom. The first-order valence-corrected chi connectivity index (χ1v) is 7.92. The maximum atomic E-state index is 11.6. The highest BCUT2D eigenvalue weighted by Crippen LogP contribution is 2.26. The first-order valence-electron chi connectivity index (χ1n) is 6.75. The van der Waals surface area contributed by atoms with Crippen molar-refractivity contribution in [1.82, 2.24) is 19.7 Å². The van der Waals surface area contributed by atoms with Crippen LogP contribution in [0.1, 0.15) is 17.2 Å². The highest BCUT2D eigenvalue weighted by molar-refractivity contribution is 9.10. The maximum absolute atomic E-state index is 11.6. The molecular formula is C14H14BrClN4O2. The molecule has 3 rings (SSSR count). The van der Waals surface area contributed by atoms with Crippen molar-refractivity contribution >= 4 is 33.5 Å². The zero-order chi connectivity index (χ0) is 15.9. The van der Waals surface area contributed by atoms with Gasteiger partial charge in [-0.05, 0) is 24.6 Å². The van der Waals surface area contributed by atoms with E-state index in [0.717, 1.165) is 21.7 Å². The van der Waals surface area contributed by atoms with E-state index in [4.69, 9.17) is 11.6 Å². The van der Waals surface area contributed by atoms with Gasteiger partial charge in [0.15, 0.2) is 0 Å². The third kappa shape index (κ3) is 2.88. The lowest BCUT2D eigenvalue weighted by Gasteiger charge is -2.33. The number of aryl methyl sites for hydroxylation is 1. The van der Waals surface area contributed by atoms with Crippen LogP contribution in [-0.4, -0.2) is 36.8 Å². The van der Waals surface area contributed by atoms with Gasteiger partial charge in [-0.25, -0.2) is 0 Å². The van der Waals surface area contributed by atoms with Crippen molar-refractivity contribution in [2.45, 2.75) is 32.6 Å². The first-order chi connectivity index (χ1) is 10.5. The molecule has 0 saturated carbocycles. The fraction of sp³-hybridized carbons (Fsp3) is 0.357. The van der Waals surface area contributed by atoms with Crippen LogP contribution in [0.15, 0.2) is 22.7 Å². The number of hydrogen-bond acceptors (Lipinski definition) is 4. The number of carbonyl (C=O) groups is 1. The predicted molar refractivity (Wildman–Crippen MR) is 84.6 cm³/mol. The molecule has 1 aliphatic rings. The van der Waals surface area contributed by atoms with Crippen molar-refractivity contribution in [2.75, 3.05) is 0 Å². The van der Waals surface area contributed by atoms with Gasteiger partial charge in [-0.2, -0.15) is 0 Å². The Hall–Kier alpha value is -1.44. The molecule has 0 aliphatic carbocycles. The van der Waals surface area contributed by atoms with E-state index in [1.807, 2.05) is 28.5 Å². The van der Waals surface area contributed by atoms with Crippen molar-refractivity contribution in [3.8, 4) is 0 Å². The highest BCUT2D eigenvalue weighted by Gasteiger charge is 2.33. The standard InChI is InChI=1S/C14H14BrClN4O2/c1-8-17-18-13-7-19(12(14(21)22)6-20(8)13)5-9-2-3-10(16)4-11(9)15/h2-4,12H,5-7H2,1H3,(H,21,22). The molecule has 8 heteroatoms. The molecule has 22 heavy (non-hydrogen) atoms. The van der Waals surface area contributed by atoms with E-state index in [2.05, 4.69) is 26.1 Å². The molecule has 2 heterocycles. The second-order valence-corrected chi connectivity index (χ2v) is 6.56. The molecule has 1 aromatic heterocycles. The average Bonchev–Trinajstić information content (AvgIpc) is 2.82. The number of carboxylic acid groups (broad SMARTS) is 1. The molecule has 0 fully saturated rings. The van der Waals surface area contributed by atoms with Gasteiger partial charge in [0.1, 0.15) is 17.7 Å². The lowest BCUT2D eigenvalue weighted by Crippen LogP contribution is -2.47. The number of halogens is 2. The number of rotatable bonds is 3. The summed E-state index contributed by atoms with van der Waals surface area (Å²) in [6.07, 6.45) is 0. The summed E-state index contributed by atoms with van der Waals surface area (Å²) in [5, 5.41) is 18.3. The molecular weight excluding hydrogens is 372 g/mol. The summed E-state index contributed by atoms with van der Waals surface area (Å²) in [5.74, 6) is 0.692. The van der Waals surface area contributed by atoms with Gasteiger partial charge < -0.3 is 9.67 Å². The van der Waals surface area contributed by atoms with E-state index in [1.54, 1.807) is 6.07 Å². The maximum Gasteiger partial charge on any atom is 0.322 e. The normalized spacial score (nSPS) is 18.2. The molecule has 0 bridgehead atoms. The van der Waals surface area contributed by atoms with E-state index in [-0.39, 0.29) is 0 Å². The van der Waals surface area contributed by atoms with Crippen molar-refractivity contribution in [1.29, 1.82) is 0 Å². The third-order valence-electron chi connectivity index (χ3n) is 3.83. The highest BCUT2D eigenvalue weighted by atomic mass is 79.9. The molecule has 0 radical (unpaired) electrons. The van der Waals surface area contributed by atoms with Crippen molar-refractivity contribution in [3.05, 3.63) is 44.9 Å². The molecule has 0 spiro atoms. The molecule has 1 atom stereocenters. The van der Waals surface area contributed by atoms with Gasteiger partial charge in [-0.3, -0.25) is 9.69 Å². The summed E-state index contributed by atoms with van der Waals surface area (Å²) in [6.45, 7) is 3.14. The van der Waals surface area contributed by atoms with Gasteiger partial charge in [0.2, 0.25) is 0 Å². The summed E-state index contributed by atoms with van der Waals surface area (Å²) >= 11 is 9.42. The minimum absolute atomic E-state index is 0.356. The van der Waals surface area contributed by atoms with Gasteiger partial charge in [0, 0.05) is 16.0 Å². The summed E-state index contributed by atoms with van der Waals surface area (Å²) in [4.78, 5) is 13.5. The molecule has 2 aromatic rings. The monoisotopic (exact) mass is 384 g/mol. The van der Waals surface area contributed by atoms with Crippen molar-refractivity contribution < 1.29 is 9.90 Å². The minimum atomic E-state index is -0.844. The molecule has 116 valence electrons. The van der Waals surface area contributed by atoms with Crippen LogP contribution in [0.4, 0.5) is 0 Å². The SMILES string of the molecule is Cc1nnc2n1CC(C(=O)O)N(Cc1ccc(Cl)cc1Br)C2. The fourth-order valence-electron chi connectivity index (χ4n) is 2.63. The second-order valence-electron chi connectivity index (χ2n) is 5.27. The van der Waals surface area contributed by atoms with Crippen LogP contribution >= 0.6 is 27.5 Å². The Bertz CT molecular complexity index is 734. The number of nitrogens with zero attached hydrogens (tertiary/aromatic N) is 4. The zero-order valence-electron chi connectivity index (χ0n) is 11.8. The smallest absolute Gasteiger partial charge is 0.322 e. The topological polar surface area (TPSA) is 71.2 Å². The molecule has 1 aromatic carbocycles. The second kappa shape index (κ2) is 5.98. The van der Waals surface area contributed by atoms with Crippen LogP contribution in [0.25, 0.3) is 0 Å². The van der Waals surface area contributed by atoms with Crippen molar-refractivity contribution in [2.24, 2.45) is 0 Å². The van der Waals surface area contributed by atoms with E-state index < -0.39 is 12.0 Å². The van der Waals surface area contributed by atoms with Gasteiger partial charge in [0.25, 0.3) is 0 Å². The van der Waals surface area contributed by atoms with Gasteiger partial charge >= 0.3 is 5.97 Å². The summed E-state index contributed by atoms with van der Waals surface area (Å²) in [5.41, 5.74) is 0.986. The number of aliphatic carboxylic acids is 1. The van der Waals surface area contributed by atoms with E-state index >= 15 is 0 Å². The Labute approximate surface area is 140 Å². The van der Waals surface area contributed by atoms with Crippen LogP contribution in [0.2, 0.25) is 5.02 Å². The van der Waals surface area contributed by atoms with Crippen LogP contribution in [0.3, 0.4) is 0 Å². The molecule has 1 aliphatic heterocycles. The van der Waals surface area contributed by atoms with E-state index in [0.29, 0.717) is 24.7 Å². The lowest BCUT2D eigenvalue weighted by atomic mass is 10.1. The lowest BCUT2D eigenvalue weighted by molar-refractivity contribution is -0.145. The average molecular weight is 386 g/mol. The van der Waals surface area contributed by atoms with Crippen molar-refractivity contribution in [3.63, 3.8) is 0 Å². The Kier molecular flexibility index (Phi) is 4.20. The Morgan fingerprint density at radius 3 is 2.95 bits per heavy atom. The number of benzene rings is 1. The summed E-state index contributed by atoms with van der Waals surface area (Å²) in [7, 11) is 0. The van der Waals surface area contributed by atoms with Crippen LogP contribution in [-0.2, 0) is 24.4 Å². The molecule has 1 N–H and O–H groups in total. The fourth-order valence-corrected chi connectivity index (χ4v) is 3.44. The molecule has 0 saturated heterocycles. The van der Waals surface area contributed by atoms with E-state index in [1.165, 1.54) is 0 Å². The van der Waals surface area contributed by atoms with Crippen LogP contribution in [0.5, 0.6) is 0 Å². The quantitative estimate of drug-likeness (QED) is 0.879. The third-order valence-corrected chi connectivity index (χ3v) is 4.80. The first kappa shape index (κ1) is 15.5. The van der Waals surface area contributed by atoms with Crippen LogP contribution < -0.4 is 0 Å². The van der Waals surface area contributed by atoms with Gasteiger partial charge in [-0.15, -0.1) is 10.2 Å². The molecule has 6 nitrogen and oxygen atoms in total. The summed E-state index contributed by atoms with van der Waals surface area (Å²) in [6, 6.07) is 4.90. The Morgan fingerprint density at radius 1 is 1.50 bits per heavy atom. The number of carboxylic acids is 1. The number of fused-ring (bicyclic) bond motifs is 1. The molecule has 1 unspecified atom stereocenters. The molecule has 0 amide bonds. The van der Waals surface area contributed by atoms with Gasteiger partial charge in [0.05, 0.1) is 13.1 Å². The van der Waals surface area contributed by atoms with Crippen LogP contribution in [0, 0.1) is 6.92 Å². The number of aromatic nitrogens is 3. The number of hydrogen-bond donors (Lipinski definition) is 1. The predicted octanol–water partition coefficient (Wildman–Crippen LogP) is 2.47. The van der Waals surface area contributed by atoms with E-state index in [9.17, 15) is 9.90 Å².